The van der Waals surface area contributed by atoms with Crippen LogP contribution in [0.15, 0.2) is 65.8 Å². The summed E-state index contributed by atoms with van der Waals surface area (Å²) in [5.74, 6) is -1.32. The molecule has 0 aliphatic rings. The van der Waals surface area contributed by atoms with Crippen LogP contribution in [-0.4, -0.2) is 11.3 Å². The number of nitrogens with one attached hydrogen (secondary N) is 2. The highest BCUT2D eigenvalue weighted by Gasteiger charge is 2.03. The Morgan fingerprint density at radius 1 is 1.00 bits per heavy atom. The van der Waals surface area contributed by atoms with E-state index in [9.17, 15) is 8.78 Å². The zero-order valence-corrected chi connectivity index (χ0v) is 13.3. The van der Waals surface area contributed by atoms with Gasteiger partial charge in [-0.05, 0) is 35.8 Å². The minimum absolute atomic E-state index is 0.164. The SMILES string of the molecule is Fc1ccc(/C=N/NC(=S)Nc2cccc3ccccc23)c(F)c1. The van der Waals surface area contributed by atoms with Crippen LogP contribution in [0.5, 0.6) is 0 Å². The van der Waals surface area contributed by atoms with Crippen LogP contribution in [0, 0.1) is 11.6 Å². The van der Waals surface area contributed by atoms with Gasteiger partial charge in [0.05, 0.1) is 6.21 Å². The van der Waals surface area contributed by atoms with E-state index in [2.05, 4.69) is 15.8 Å². The Hall–Kier alpha value is -2.86. The number of thiocarbonyl (C=S) groups is 1. The van der Waals surface area contributed by atoms with Crippen LogP contribution in [0.4, 0.5) is 14.5 Å². The number of hydrogen-bond donors (Lipinski definition) is 2. The first-order chi connectivity index (χ1) is 11.6. The van der Waals surface area contributed by atoms with Gasteiger partial charge in [0.1, 0.15) is 11.6 Å². The quantitative estimate of drug-likeness (QED) is 0.420. The lowest BCUT2D eigenvalue weighted by molar-refractivity contribution is 0.582. The molecule has 3 aromatic rings. The van der Waals surface area contributed by atoms with Crippen LogP contribution in [-0.2, 0) is 0 Å². The lowest BCUT2D eigenvalue weighted by atomic mass is 10.1. The molecular formula is C18H13F2N3S. The zero-order valence-electron chi connectivity index (χ0n) is 12.5. The van der Waals surface area contributed by atoms with E-state index in [0.717, 1.165) is 28.6 Å². The summed E-state index contributed by atoms with van der Waals surface area (Å²) in [7, 11) is 0. The molecule has 24 heavy (non-hydrogen) atoms. The van der Waals surface area contributed by atoms with Crippen LogP contribution in [0.25, 0.3) is 10.8 Å². The number of halogens is 2. The molecule has 0 heterocycles. The molecule has 120 valence electrons. The third kappa shape index (κ3) is 3.72. The topological polar surface area (TPSA) is 36.4 Å². The van der Waals surface area contributed by atoms with Crippen LogP contribution in [0.1, 0.15) is 5.56 Å². The molecule has 0 amide bonds. The summed E-state index contributed by atoms with van der Waals surface area (Å²) in [6.45, 7) is 0. The second-order valence-corrected chi connectivity index (χ2v) is 5.42. The number of fused-ring (bicyclic) bond motifs is 1. The molecular weight excluding hydrogens is 328 g/mol. The standard InChI is InChI=1S/C18H13F2N3S/c19-14-9-8-13(16(20)10-14)11-21-23-18(24)22-17-7-3-5-12-4-1-2-6-15(12)17/h1-11H,(H2,22,23,24)/b21-11+. The summed E-state index contributed by atoms with van der Waals surface area (Å²) in [5.41, 5.74) is 3.62. The lowest BCUT2D eigenvalue weighted by Gasteiger charge is -2.10. The number of nitrogens with zero attached hydrogens (tertiary/aromatic N) is 1. The van der Waals surface area contributed by atoms with Gasteiger partial charge < -0.3 is 5.32 Å². The van der Waals surface area contributed by atoms with Crippen molar-refractivity contribution in [1.29, 1.82) is 0 Å². The summed E-state index contributed by atoms with van der Waals surface area (Å²) in [5, 5.41) is 9.29. The smallest absolute Gasteiger partial charge is 0.191 e. The van der Waals surface area contributed by atoms with E-state index >= 15 is 0 Å². The van der Waals surface area contributed by atoms with Crippen molar-refractivity contribution in [3.63, 3.8) is 0 Å². The van der Waals surface area contributed by atoms with Crippen LogP contribution >= 0.6 is 12.2 Å². The van der Waals surface area contributed by atoms with E-state index in [4.69, 9.17) is 12.2 Å². The molecule has 0 saturated heterocycles. The maximum atomic E-state index is 13.5. The summed E-state index contributed by atoms with van der Waals surface area (Å²) in [6.07, 6.45) is 1.24. The molecule has 3 aromatic carbocycles. The van der Waals surface area contributed by atoms with Gasteiger partial charge in [-0.2, -0.15) is 5.10 Å². The normalized spacial score (nSPS) is 10.9. The maximum absolute atomic E-state index is 13.5. The minimum atomic E-state index is -0.687. The van der Waals surface area contributed by atoms with Gasteiger partial charge in [0.25, 0.3) is 0 Å². The molecule has 0 bridgehead atoms. The van der Waals surface area contributed by atoms with Crippen molar-refractivity contribution >= 4 is 40.0 Å². The van der Waals surface area contributed by atoms with Gasteiger partial charge in [0.15, 0.2) is 5.11 Å². The van der Waals surface area contributed by atoms with E-state index in [1.807, 2.05) is 42.5 Å². The number of rotatable bonds is 3. The fourth-order valence-electron chi connectivity index (χ4n) is 2.25. The first kappa shape index (κ1) is 16.0. The molecule has 3 rings (SSSR count). The van der Waals surface area contributed by atoms with E-state index in [0.29, 0.717) is 0 Å². The average molecular weight is 341 g/mol. The molecule has 0 atom stereocenters. The third-order valence-electron chi connectivity index (χ3n) is 3.37. The van der Waals surface area contributed by atoms with Gasteiger partial charge in [-0.1, -0.05) is 36.4 Å². The number of anilines is 1. The highest BCUT2D eigenvalue weighted by atomic mass is 32.1. The van der Waals surface area contributed by atoms with Gasteiger partial charge in [0, 0.05) is 22.7 Å². The summed E-state index contributed by atoms with van der Waals surface area (Å²) in [4.78, 5) is 0. The molecule has 0 aliphatic heterocycles. The monoisotopic (exact) mass is 341 g/mol. The van der Waals surface area contributed by atoms with E-state index in [1.54, 1.807) is 0 Å². The summed E-state index contributed by atoms with van der Waals surface area (Å²) < 4.78 is 26.3. The van der Waals surface area contributed by atoms with Crippen molar-refractivity contribution < 1.29 is 8.78 Å². The van der Waals surface area contributed by atoms with Crippen LogP contribution in [0.2, 0.25) is 0 Å². The van der Waals surface area contributed by atoms with Gasteiger partial charge in [-0.25, -0.2) is 8.78 Å². The molecule has 0 unspecified atom stereocenters. The molecule has 0 saturated carbocycles. The fourth-order valence-corrected chi connectivity index (χ4v) is 2.41. The average Bonchev–Trinajstić information content (AvgIpc) is 2.57. The first-order valence-electron chi connectivity index (χ1n) is 7.16. The number of hydrogen-bond acceptors (Lipinski definition) is 2. The predicted molar refractivity (Wildman–Crippen MR) is 97.3 cm³/mol. The summed E-state index contributed by atoms with van der Waals surface area (Å²) in [6, 6.07) is 17.0. The molecule has 0 aromatic heterocycles. The molecule has 0 radical (unpaired) electrons. The highest BCUT2D eigenvalue weighted by molar-refractivity contribution is 7.80. The van der Waals surface area contributed by atoms with Crippen molar-refractivity contribution in [2.45, 2.75) is 0 Å². The highest BCUT2D eigenvalue weighted by Crippen LogP contribution is 2.22. The van der Waals surface area contributed by atoms with E-state index in [1.165, 1.54) is 12.3 Å². The van der Waals surface area contributed by atoms with Crippen molar-refractivity contribution in [3.8, 4) is 0 Å². The largest absolute Gasteiger partial charge is 0.331 e. The molecule has 6 heteroatoms. The second-order valence-electron chi connectivity index (χ2n) is 5.02. The molecule has 0 spiro atoms. The van der Waals surface area contributed by atoms with Crippen molar-refractivity contribution in [2.75, 3.05) is 5.32 Å². The Balaban J connectivity index is 1.68. The third-order valence-corrected chi connectivity index (χ3v) is 3.56. The Morgan fingerprint density at radius 2 is 1.79 bits per heavy atom. The van der Waals surface area contributed by atoms with E-state index < -0.39 is 11.6 Å². The Bertz CT molecular complexity index is 920. The van der Waals surface area contributed by atoms with Crippen LogP contribution < -0.4 is 10.7 Å². The van der Waals surface area contributed by atoms with Crippen LogP contribution in [0.3, 0.4) is 0 Å². The van der Waals surface area contributed by atoms with Gasteiger partial charge in [-0.15, -0.1) is 0 Å². The molecule has 3 nitrogen and oxygen atoms in total. The summed E-state index contributed by atoms with van der Waals surface area (Å²) >= 11 is 5.18. The Labute approximate surface area is 143 Å². The Morgan fingerprint density at radius 3 is 2.62 bits per heavy atom. The number of hydrazone groups is 1. The molecule has 0 fully saturated rings. The first-order valence-corrected chi connectivity index (χ1v) is 7.57. The van der Waals surface area contributed by atoms with Gasteiger partial charge >= 0.3 is 0 Å². The van der Waals surface area contributed by atoms with Crippen molar-refractivity contribution in [3.05, 3.63) is 77.9 Å². The van der Waals surface area contributed by atoms with Crippen molar-refractivity contribution in [2.24, 2.45) is 5.10 Å². The second kappa shape index (κ2) is 7.14. The maximum Gasteiger partial charge on any atom is 0.191 e. The molecule has 2 N–H and O–H groups in total. The van der Waals surface area contributed by atoms with Crippen molar-refractivity contribution in [1.82, 2.24) is 5.43 Å². The Kier molecular flexibility index (Phi) is 4.77. The number of benzene rings is 3. The lowest BCUT2D eigenvalue weighted by Crippen LogP contribution is -2.24. The molecule has 0 aliphatic carbocycles. The minimum Gasteiger partial charge on any atom is -0.331 e. The fraction of sp³-hybridized carbons (Fsp3) is 0. The van der Waals surface area contributed by atoms with E-state index in [-0.39, 0.29) is 10.7 Å². The van der Waals surface area contributed by atoms with Gasteiger partial charge in [0.2, 0.25) is 0 Å². The van der Waals surface area contributed by atoms with Gasteiger partial charge in [-0.3, -0.25) is 5.43 Å². The predicted octanol–water partition coefficient (Wildman–Crippen LogP) is 4.44. The zero-order chi connectivity index (χ0) is 16.9.